The topological polar surface area (TPSA) is 121 Å². The van der Waals surface area contributed by atoms with Crippen LogP contribution in [0.5, 0.6) is 0 Å². The molecule has 0 fully saturated rings. The number of aliphatic hydroxyl groups is 1. The highest BCUT2D eigenvalue weighted by atomic mass is 19.1. The fourth-order valence-corrected chi connectivity index (χ4v) is 3.03. The van der Waals surface area contributed by atoms with E-state index in [4.69, 9.17) is 10.8 Å². The van der Waals surface area contributed by atoms with Crippen LogP contribution in [0, 0.1) is 17.0 Å². The van der Waals surface area contributed by atoms with Crippen molar-refractivity contribution in [3.05, 3.63) is 59.4 Å². The number of rotatable bonds is 3. The average molecular weight is 508 g/mol. The van der Waals surface area contributed by atoms with Crippen molar-refractivity contribution >= 4 is 23.5 Å². The van der Waals surface area contributed by atoms with E-state index >= 15 is 0 Å². The Morgan fingerprint density at radius 1 is 1.14 bits per heavy atom. The van der Waals surface area contributed by atoms with E-state index in [1.54, 1.807) is 27.7 Å². The van der Waals surface area contributed by atoms with Crippen LogP contribution in [0.2, 0.25) is 0 Å². The number of aliphatic hydroxyl groups excluding tert-OH is 1. The number of nitrogens with one attached hydrogen (secondary N) is 1. The zero-order valence-electron chi connectivity index (χ0n) is 22.6. The predicted octanol–water partition coefficient (Wildman–Crippen LogP) is 4.91. The van der Waals surface area contributed by atoms with E-state index in [2.05, 4.69) is 15.3 Å². The molecule has 1 aliphatic heterocycles. The molecule has 0 aliphatic carbocycles. The highest BCUT2D eigenvalue weighted by Gasteiger charge is 2.45. The number of benzene rings is 1. The van der Waals surface area contributed by atoms with E-state index in [1.165, 1.54) is 36.2 Å². The summed E-state index contributed by atoms with van der Waals surface area (Å²) in [5, 5.41) is 10.6. The largest absolute Gasteiger partial charge is 0.394 e. The molecule has 0 saturated heterocycles. The molecule has 1 aromatic heterocycles. The third-order valence-electron chi connectivity index (χ3n) is 4.65. The first-order valence-electron chi connectivity index (χ1n) is 11.9. The molecule has 1 aromatic carbocycles. The second-order valence-electron chi connectivity index (χ2n) is 8.12. The van der Waals surface area contributed by atoms with Gasteiger partial charge < -0.3 is 16.2 Å². The van der Waals surface area contributed by atoms with Crippen molar-refractivity contribution in [3.8, 4) is 0 Å². The maximum Gasteiger partial charge on any atom is 0.274 e. The molecule has 2 aromatic rings. The lowest BCUT2D eigenvalue weighted by Crippen LogP contribution is -2.51. The number of carbonyl (C=O) groups is 2. The van der Waals surface area contributed by atoms with Gasteiger partial charge in [0.1, 0.15) is 17.3 Å². The van der Waals surface area contributed by atoms with Crippen LogP contribution in [0.4, 0.5) is 14.5 Å². The second-order valence-corrected chi connectivity index (χ2v) is 8.12. The van der Waals surface area contributed by atoms with Gasteiger partial charge in [-0.05, 0) is 58.0 Å². The monoisotopic (exact) mass is 507 g/mol. The highest BCUT2D eigenvalue weighted by Crippen LogP contribution is 2.42. The van der Waals surface area contributed by atoms with Crippen molar-refractivity contribution in [2.24, 2.45) is 16.1 Å². The van der Waals surface area contributed by atoms with Gasteiger partial charge >= 0.3 is 0 Å². The van der Waals surface area contributed by atoms with Gasteiger partial charge in [-0.2, -0.15) is 0 Å². The summed E-state index contributed by atoms with van der Waals surface area (Å²) in [7, 11) is 1.50. The van der Waals surface area contributed by atoms with E-state index in [-0.39, 0.29) is 34.9 Å². The summed E-state index contributed by atoms with van der Waals surface area (Å²) in [5.74, 6) is -2.04. The van der Waals surface area contributed by atoms with Crippen LogP contribution in [-0.4, -0.2) is 45.9 Å². The normalized spacial score (nSPS) is 15.8. The number of halogens is 2. The van der Waals surface area contributed by atoms with Gasteiger partial charge in [0, 0.05) is 24.4 Å². The number of guanidine groups is 1. The molecular weight excluding hydrogens is 468 g/mol. The summed E-state index contributed by atoms with van der Waals surface area (Å²) in [6.07, 6.45) is 0.759. The van der Waals surface area contributed by atoms with Gasteiger partial charge in [-0.25, -0.2) is 18.8 Å². The van der Waals surface area contributed by atoms with Crippen LogP contribution in [0.15, 0.2) is 41.5 Å². The zero-order chi connectivity index (χ0) is 28.2. The Kier molecular flexibility index (Phi) is 13.5. The minimum Gasteiger partial charge on any atom is -0.394 e. The van der Waals surface area contributed by atoms with Crippen LogP contribution < -0.4 is 11.1 Å². The SMILES string of the molecule is CC.CC.CC(C)O.CN1C(=O)C(C)(C)C(c2cc(NC(=O)c3ccc(F)cn3)ccc2F)N=C1N. The number of nitrogens with two attached hydrogens (primary N) is 1. The Morgan fingerprint density at radius 2 is 1.69 bits per heavy atom. The fraction of sp³-hybridized carbons (Fsp3) is 0.462. The summed E-state index contributed by atoms with van der Waals surface area (Å²) < 4.78 is 27.5. The minimum atomic E-state index is -1.04. The van der Waals surface area contributed by atoms with Gasteiger partial charge in [0.2, 0.25) is 5.91 Å². The number of carbonyl (C=O) groups excluding carboxylic acids is 2. The Morgan fingerprint density at radius 3 is 2.19 bits per heavy atom. The van der Waals surface area contributed by atoms with E-state index < -0.39 is 29.0 Å². The summed E-state index contributed by atoms with van der Waals surface area (Å²) in [5.41, 5.74) is 5.17. The van der Waals surface area contributed by atoms with Crippen molar-refractivity contribution in [2.75, 3.05) is 12.4 Å². The number of aromatic nitrogens is 1. The third-order valence-corrected chi connectivity index (χ3v) is 4.65. The van der Waals surface area contributed by atoms with Gasteiger partial charge in [-0.1, -0.05) is 27.7 Å². The van der Waals surface area contributed by atoms with E-state index in [0.717, 1.165) is 12.3 Å². The molecule has 0 saturated carbocycles. The molecule has 4 N–H and O–H groups in total. The average Bonchev–Trinajstić information content (AvgIpc) is 2.84. The Hall–Kier alpha value is -3.40. The van der Waals surface area contributed by atoms with Crippen LogP contribution in [0.25, 0.3) is 0 Å². The molecular formula is C26H39F2N5O3. The first kappa shape index (κ1) is 32.6. The lowest BCUT2D eigenvalue weighted by Gasteiger charge is -2.38. The molecule has 200 valence electrons. The van der Waals surface area contributed by atoms with E-state index in [9.17, 15) is 18.4 Å². The number of hydrogen-bond donors (Lipinski definition) is 3. The molecule has 3 rings (SSSR count). The number of nitrogens with zero attached hydrogens (tertiary/aromatic N) is 3. The van der Waals surface area contributed by atoms with Crippen molar-refractivity contribution in [2.45, 2.75) is 67.5 Å². The van der Waals surface area contributed by atoms with Gasteiger partial charge in [-0.15, -0.1) is 0 Å². The Balaban J connectivity index is 0.00000137. The molecule has 1 aliphatic rings. The van der Waals surface area contributed by atoms with Crippen LogP contribution in [0.3, 0.4) is 0 Å². The second kappa shape index (κ2) is 14.9. The molecule has 1 unspecified atom stereocenters. The van der Waals surface area contributed by atoms with Crippen LogP contribution in [0.1, 0.15) is 77.5 Å². The number of aliphatic imine (C=N–C) groups is 1. The van der Waals surface area contributed by atoms with Gasteiger partial charge in [0.25, 0.3) is 5.91 Å². The molecule has 0 radical (unpaired) electrons. The molecule has 36 heavy (non-hydrogen) atoms. The quantitative estimate of drug-likeness (QED) is 0.545. The first-order chi connectivity index (χ1) is 16.8. The molecule has 2 heterocycles. The summed E-state index contributed by atoms with van der Waals surface area (Å²) >= 11 is 0. The van der Waals surface area contributed by atoms with E-state index in [0.29, 0.717) is 0 Å². The lowest BCUT2D eigenvalue weighted by atomic mass is 9.78. The van der Waals surface area contributed by atoms with E-state index in [1.807, 2.05) is 27.7 Å². The van der Waals surface area contributed by atoms with Crippen molar-refractivity contribution in [3.63, 3.8) is 0 Å². The minimum absolute atomic E-state index is 0.00402. The van der Waals surface area contributed by atoms with Gasteiger partial charge in [0.15, 0.2) is 5.96 Å². The number of anilines is 1. The maximum atomic E-state index is 14.6. The van der Waals surface area contributed by atoms with Gasteiger partial charge in [-0.3, -0.25) is 14.5 Å². The molecule has 8 nitrogen and oxygen atoms in total. The summed E-state index contributed by atoms with van der Waals surface area (Å²) in [4.78, 5) is 34.0. The van der Waals surface area contributed by atoms with Crippen molar-refractivity contribution in [1.82, 2.24) is 9.88 Å². The van der Waals surface area contributed by atoms with Crippen LogP contribution >= 0.6 is 0 Å². The zero-order valence-corrected chi connectivity index (χ0v) is 22.6. The number of hydrogen-bond acceptors (Lipinski definition) is 6. The third kappa shape index (κ3) is 8.67. The van der Waals surface area contributed by atoms with Crippen molar-refractivity contribution < 1.29 is 23.5 Å². The summed E-state index contributed by atoms with van der Waals surface area (Å²) in [6.45, 7) is 14.7. The Labute approximate surface area is 212 Å². The standard InChI is InChI=1S/C19H19F2N5O2.C3H8O.2C2H6/c1-19(2)15(25-18(22)26(3)17(19)28)12-8-11(5-6-13(12)21)24-16(27)14-7-4-10(20)9-23-14;1-3(2)4;2*1-2/h4-9,15H,1-3H3,(H2,22,25)(H,24,27);3-4H,1-2H3;2*1-2H3. The molecule has 0 bridgehead atoms. The fourth-order valence-electron chi connectivity index (χ4n) is 3.03. The predicted molar refractivity (Wildman–Crippen MR) is 140 cm³/mol. The van der Waals surface area contributed by atoms with Gasteiger partial charge in [0.05, 0.1) is 17.7 Å². The highest BCUT2D eigenvalue weighted by molar-refractivity contribution is 6.03. The maximum absolute atomic E-state index is 14.6. The van der Waals surface area contributed by atoms with Crippen LogP contribution in [-0.2, 0) is 4.79 Å². The first-order valence-corrected chi connectivity index (χ1v) is 11.9. The lowest BCUT2D eigenvalue weighted by molar-refractivity contribution is -0.137. The number of pyridine rings is 1. The molecule has 2 amide bonds. The molecule has 0 spiro atoms. The molecule has 1 atom stereocenters. The smallest absolute Gasteiger partial charge is 0.274 e. The number of amides is 2. The molecule has 10 heteroatoms. The Bertz CT molecular complexity index is 1020. The van der Waals surface area contributed by atoms with Crippen molar-refractivity contribution in [1.29, 1.82) is 0 Å². The summed E-state index contributed by atoms with van der Waals surface area (Å²) in [6, 6.07) is 5.43.